The zero-order valence-electron chi connectivity index (χ0n) is 27.0. The number of amides is 1. The Morgan fingerprint density at radius 3 is 2.45 bits per heavy atom. The van der Waals surface area contributed by atoms with E-state index < -0.39 is 17.2 Å². The van der Waals surface area contributed by atoms with Crippen molar-refractivity contribution in [2.24, 2.45) is 0 Å². The molecular weight excluding hydrogens is 592 g/mol. The molecule has 4 N–H and O–H groups in total. The SMILES string of the molecule is CC(C)(C)OC(=O)NC1(c2ccc(-n3c(-c4cccnc4N)nc4ccc(Nc5cccc(N6CCOCC6)c5)nc43)cc2)CCC1. The second kappa shape index (κ2) is 12.2. The summed E-state index contributed by atoms with van der Waals surface area (Å²) in [5.41, 5.74) is 11.4. The zero-order valence-corrected chi connectivity index (χ0v) is 27.0. The van der Waals surface area contributed by atoms with Crippen molar-refractivity contribution in [2.45, 2.75) is 51.2 Å². The van der Waals surface area contributed by atoms with Gasteiger partial charge in [-0.25, -0.2) is 19.7 Å². The highest BCUT2D eigenvalue weighted by molar-refractivity contribution is 5.84. The van der Waals surface area contributed by atoms with Gasteiger partial charge in [-0.15, -0.1) is 0 Å². The molecule has 0 unspecified atom stereocenters. The Balaban J connectivity index is 1.24. The number of hydrogen-bond acceptors (Lipinski definition) is 9. The van der Waals surface area contributed by atoms with Crippen molar-refractivity contribution in [1.82, 2.24) is 24.8 Å². The van der Waals surface area contributed by atoms with Gasteiger partial charge in [0.1, 0.15) is 22.8 Å². The predicted molar refractivity (Wildman–Crippen MR) is 184 cm³/mol. The molecule has 47 heavy (non-hydrogen) atoms. The molecule has 1 amide bonds. The molecule has 11 heteroatoms. The molecule has 4 heterocycles. The number of nitrogens with zero attached hydrogens (tertiary/aromatic N) is 5. The van der Waals surface area contributed by atoms with E-state index in [0.29, 0.717) is 28.7 Å². The first-order valence-electron chi connectivity index (χ1n) is 16.1. The first kappa shape index (κ1) is 30.5. The number of morpholine rings is 1. The number of rotatable bonds is 7. The summed E-state index contributed by atoms with van der Waals surface area (Å²) in [5, 5.41) is 6.65. The highest BCUT2D eigenvalue weighted by Crippen LogP contribution is 2.42. The maximum absolute atomic E-state index is 12.8. The number of carbonyl (C=O) groups is 1. The van der Waals surface area contributed by atoms with Crippen LogP contribution in [-0.2, 0) is 15.0 Å². The molecule has 242 valence electrons. The van der Waals surface area contributed by atoms with Crippen LogP contribution in [-0.4, -0.2) is 57.5 Å². The monoisotopic (exact) mass is 632 g/mol. The Bertz CT molecular complexity index is 1900. The molecule has 1 aliphatic carbocycles. The van der Waals surface area contributed by atoms with Crippen molar-refractivity contribution in [1.29, 1.82) is 0 Å². The number of carbonyl (C=O) groups excluding carboxylic acids is 1. The minimum Gasteiger partial charge on any atom is -0.444 e. The third kappa shape index (κ3) is 6.31. The van der Waals surface area contributed by atoms with E-state index in [-0.39, 0.29) is 0 Å². The predicted octanol–water partition coefficient (Wildman–Crippen LogP) is 6.55. The van der Waals surface area contributed by atoms with E-state index in [1.807, 2.05) is 73.9 Å². The van der Waals surface area contributed by atoms with E-state index >= 15 is 0 Å². The van der Waals surface area contributed by atoms with Crippen molar-refractivity contribution in [3.8, 4) is 17.1 Å². The summed E-state index contributed by atoms with van der Waals surface area (Å²) in [6.07, 6.45) is 3.99. The van der Waals surface area contributed by atoms with E-state index in [2.05, 4.69) is 44.8 Å². The fraction of sp³-hybridized carbons (Fsp3) is 0.333. The molecule has 0 bridgehead atoms. The third-order valence-corrected chi connectivity index (χ3v) is 8.70. The van der Waals surface area contributed by atoms with Crippen LogP contribution in [0.3, 0.4) is 0 Å². The second-order valence-corrected chi connectivity index (χ2v) is 13.1. The molecule has 5 aromatic rings. The fourth-order valence-electron chi connectivity index (χ4n) is 6.25. The molecule has 2 aromatic carbocycles. The number of anilines is 4. The number of imidazole rings is 1. The molecule has 1 saturated heterocycles. The van der Waals surface area contributed by atoms with Crippen LogP contribution >= 0.6 is 0 Å². The lowest BCUT2D eigenvalue weighted by atomic mass is 9.72. The maximum atomic E-state index is 12.8. The Morgan fingerprint density at radius 1 is 0.957 bits per heavy atom. The fourth-order valence-corrected chi connectivity index (χ4v) is 6.25. The molecule has 0 radical (unpaired) electrons. The highest BCUT2D eigenvalue weighted by Gasteiger charge is 2.41. The van der Waals surface area contributed by atoms with Crippen LogP contribution in [0, 0.1) is 0 Å². The van der Waals surface area contributed by atoms with Crippen LogP contribution in [0.2, 0.25) is 0 Å². The Kier molecular flexibility index (Phi) is 7.93. The van der Waals surface area contributed by atoms with Gasteiger partial charge in [0.25, 0.3) is 0 Å². The van der Waals surface area contributed by atoms with Crippen molar-refractivity contribution in [3.05, 3.63) is 84.6 Å². The highest BCUT2D eigenvalue weighted by atomic mass is 16.6. The van der Waals surface area contributed by atoms with Gasteiger partial charge in [0.15, 0.2) is 11.5 Å². The van der Waals surface area contributed by atoms with Gasteiger partial charge in [0.2, 0.25) is 0 Å². The van der Waals surface area contributed by atoms with Gasteiger partial charge in [0, 0.05) is 36.3 Å². The van der Waals surface area contributed by atoms with Crippen molar-refractivity contribution < 1.29 is 14.3 Å². The summed E-state index contributed by atoms with van der Waals surface area (Å²) in [6.45, 7) is 8.79. The van der Waals surface area contributed by atoms with E-state index in [1.165, 1.54) is 0 Å². The molecular formula is C36H40N8O3. The number of hydrogen-bond donors (Lipinski definition) is 3. The van der Waals surface area contributed by atoms with Crippen molar-refractivity contribution in [2.75, 3.05) is 42.3 Å². The van der Waals surface area contributed by atoms with Crippen LogP contribution in [0.25, 0.3) is 28.2 Å². The maximum Gasteiger partial charge on any atom is 0.408 e. The molecule has 0 spiro atoms. The molecule has 2 fully saturated rings. The van der Waals surface area contributed by atoms with Crippen LogP contribution in [0.5, 0.6) is 0 Å². The third-order valence-electron chi connectivity index (χ3n) is 8.70. The molecule has 1 saturated carbocycles. The van der Waals surface area contributed by atoms with E-state index in [4.69, 9.17) is 25.2 Å². The lowest BCUT2D eigenvalue weighted by molar-refractivity contribution is 0.0377. The van der Waals surface area contributed by atoms with Crippen LogP contribution in [0.4, 0.5) is 27.8 Å². The molecule has 1 aliphatic heterocycles. The molecule has 7 rings (SSSR count). The number of aromatic nitrogens is 4. The first-order valence-corrected chi connectivity index (χ1v) is 16.1. The van der Waals surface area contributed by atoms with E-state index in [1.54, 1.807) is 6.20 Å². The van der Waals surface area contributed by atoms with Crippen LogP contribution in [0.1, 0.15) is 45.6 Å². The van der Waals surface area contributed by atoms with Gasteiger partial charge >= 0.3 is 6.09 Å². The zero-order chi connectivity index (χ0) is 32.6. The average Bonchev–Trinajstić information content (AvgIpc) is 3.41. The van der Waals surface area contributed by atoms with Gasteiger partial charge in [0.05, 0.1) is 24.3 Å². The number of nitrogens with one attached hydrogen (secondary N) is 2. The van der Waals surface area contributed by atoms with Gasteiger partial charge in [-0.2, -0.15) is 0 Å². The number of pyridine rings is 2. The van der Waals surface area contributed by atoms with Crippen LogP contribution < -0.4 is 21.3 Å². The largest absolute Gasteiger partial charge is 0.444 e. The number of benzene rings is 2. The van der Waals surface area contributed by atoms with Crippen LogP contribution in [0.15, 0.2) is 79.0 Å². The quantitative estimate of drug-likeness (QED) is 0.183. The summed E-state index contributed by atoms with van der Waals surface area (Å²) >= 11 is 0. The summed E-state index contributed by atoms with van der Waals surface area (Å²) in [4.78, 5) is 29.4. The van der Waals surface area contributed by atoms with Gasteiger partial charge in [-0.1, -0.05) is 18.2 Å². The minimum absolute atomic E-state index is 0.383. The molecule has 11 nitrogen and oxygen atoms in total. The van der Waals surface area contributed by atoms with Gasteiger partial charge < -0.3 is 30.7 Å². The number of alkyl carbamates (subject to hydrolysis) is 1. The summed E-state index contributed by atoms with van der Waals surface area (Å²) in [6, 6.07) is 24.2. The Morgan fingerprint density at radius 2 is 1.74 bits per heavy atom. The summed E-state index contributed by atoms with van der Waals surface area (Å²) in [5.74, 6) is 1.71. The average molecular weight is 633 g/mol. The number of nitrogens with two attached hydrogens (primary N) is 1. The molecule has 2 aliphatic rings. The topological polar surface area (TPSA) is 132 Å². The Labute approximate surface area is 274 Å². The normalized spacial score (nSPS) is 16.0. The Hall–Kier alpha value is -5.16. The number of nitrogen functional groups attached to an aromatic ring is 1. The second-order valence-electron chi connectivity index (χ2n) is 13.1. The number of ether oxygens (including phenoxy) is 2. The number of fused-ring (bicyclic) bond motifs is 1. The van der Waals surface area contributed by atoms with Crippen molar-refractivity contribution >= 4 is 40.3 Å². The molecule has 0 atom stereocenters. The van der Waals surface area contributed by atoms with Gasteiger partial charge in [-0.05, 0) is 100 Å². The van der Waals surface area contributed by atoms with E-state index in [9.17, 15) is 4.79 Å². The summed E-state index contributed by atoms with van der Waals surface area (Å²) < 4.78 is 13.1. The van der Waals surface area contributed by atoms with E-state index in [0.717, 1.165) is 73.7 Å². The lowest BCUT2D eigenvalue weighted by Crippen LogP contribution is -2.52. The smallest absolute Gasteiger partial charge is 0.408 e. The standard InChI is InChI=1S/C36H40N8O3/c1-35(2,3)47-34(45)42-36(16-6-17-36)24-10-12-26(13-11-24)44-32(28-9-5-18-38-31(28)37)40-29-14-15-30(41-33(29)44)39-25-7-4-8-27(23-25)43-19-21-46-22-20-43/h4-5,7-15,18,23H,6,16-17,19-22H2,1-3H3,(H2,37,38)(H,39,41)(H,42,45). The minimum atomic E-state index is -0.571. The first-order chi connectivity index (χ1) is 22.7. The van der Waals surface area contributed by atoms with Crippen molar-refractivity contribution in [3.63, 3.8) is 0 Å². The summed E-state index contributed by atoms with van der Waals surface area (Å²) in [7, 11) is 0. The van der Waals surface area contributed by atoms with Gasteiger partial charge in [-0.3, -0.25) is 4.57 Å². The molecule has 3 aromatic heterocycles. The lowest BCUT2D eigenvalue weighted by Gasteiger charge is -2.43.